The lowest BCUT2D eigenvalue weighted by atomic mass is 9.98. The van der Waals surface area contributed by atoms with Crippen LogP contribution < -0.4 is 0 Å². The molecule has 0 radical (unpaired) electrons. The van der Waals surface area contributed by atoms with E-state index in [-0.39, 0.29) is 17.2 Å². The van der Waals surface area contributed by atoms with Crippen molar-refractivity contribution in [1.29, 1.82) is 0 Å². The predicted molar refractivity (Wildman–Crippen MR) is 109 cm³/mol. The van der Waals surface area contributed by atoms with Gasteiger partial charge in [-0.1, -0.05) is 37.3 Å². The molecule has 5 nitrogen and oxygen atoms in total. The van der Waals surface area contributed by atoms with E-state index in [4.69, 9.17) is 0 Å². The third-order valence-corrected chi connectivity index (χ3v) is 6.03. The first-order valence-corrected chi connectivity index (χ1v) is 10.1. The van der Waals surface area contributed by atoms with Gasteiger partial charge in [0.15, 0.2) is 0 Å². The van der Waals surface area contributed by atoms with Gasteiger partial charge in [0.1, 0.15) is 0 Å². The second-order valence-electron chi connectivity index (χ2n) is 8.18. The van der Waals surface area contributed by atoms with Gasteiger partial charge in [0.25, 0.3) is 5.91 Å². The molecule has 0 atom stereocenters. The minimum Gasteiger partial charge on any atom is -0.340 e. The van der Waals surface area contributed by atoms with Gasteiger partial charge in [-0.25, -0.2) is 0 Å². The van der Waals surface area contributed by atoms with E-state index < -0.39 is 0 Å². The van der Waals surface area contributed by atoms with Crippen molar-refractivity contribution in [3.05, 3.63) is 53.9 Å². The fourth-order valence-electron chi connectivity index (χ4n) is 3.96. The van der Waals surface area contributed by atoms with Gasteiger partial charge in [-0.2, -0.15) is 0 Å². The van der Waals surface area contributed by atoms with E-state index in [2.05, 4.69) is 4.98 Å². The molecule has 1 aromatic heterocycles. The smallest absolute Gasteiger partial charge is 0.256 e. The summed E-state index contributed by atoms with van der Waals surface area (Å²) in [6.07, 6.45) is 4.54. The zero-order valence-electron chi connectivity index (χ0n) is 16.6. The van der Waals surface area contributed by atoms with Gasteiger partial charge in [0, 0.05) is 37.8 Å². The average molecular weight is 377 g/mol. The largest absolute Gasteiger partial charge is 0.340 e. The molecule has 0 bridgehead atoms. The van der Waals surface area contributed by atoms with Crippen LogP contribution >= 0.6 is 0 Å². The molecule has 1 saturated carbocycles. The lowest BCUT2D eigenvalue weighted by Crippen LogP contribution is -2.40. The Hall–Kier alpha value is -2.69. The molecule has 2 amide bonds. The molecular weight excluding hydrogens is 350 g/mol. The van der Waals surface area contributed by atoms with E-state index in [9.17, 15) is 9.59 Å². The Morgan fingerprint density at radius 2 is 1.64 bits per heavy atom. The summed E-state index contributed by atoms with van der Waals surface area (Å²) >= 11 is 0. The number of pyridine rings is 1. The van der Waals surface area contributed by atoms with Gasteiger partial charge in [-0.3, -0.25) is 14.6 Å². The van der Waals surface area contributed by atoms with Crippen molar-refractivity contribution in [2.75, 3.05) is 26.2 Å². The second-order valence-corrected chi connectivity index (χ2v) is 8.18. The fourth-order valence-corrected chi connectivity index (χ4v) is 3.96. The van der Waals surface area contributed by atoms with Crippen LogP contribution in [0.4, 0.5) is 0 Å². The van der Waals surface area contributed by atoms with Crippen molar-refractivity contribution in [2.24, 2.45) is 5.41 Å². The van der Waals surface area contributed by atoms with Crippen molar-refractivity contribution >= 4 is 11.8 Å². The molecule has 28 heavy (non-hydrogen) atoms. The zero-order chi connectivity index (χ0) is 19.7. The number of carbonyl (C=O) groups excluding carboxylic acids is 2. The summed E-state index contributed by atoms with van der Waals surface area (Å²) in [5.74, 6) is 0.265. The van der Waals surface area contributed by atoms with Gasteiger partial charge >= 0.3 is 0 Å². The first kappa shape index (κ1) is 18.7. The number of hydrogen-bond donors (Lipinski definition) is 0. The second kappa shape index (κ2) is 7.38. The third kappa shape index (κ3) is 3.53. The van der Waals surface area contributed by atoms with E-state index >= 15 is 0 Å². The normalized spacial score (nSPS) is 18.5. The van der Waals surface area contributed by atoms with Gasteiger partial charge < -0.3 is 9.80 Å². The Morgan fingerprint density at radius 1 is 0.964 bits per heavy atom. The lowest BCUT2D eigenvalue weighted by Gasteiger charge is -2.25. The Morgan fingerprint density at radius 3 is 2.36 bits per heavy atom. The lowest BCUT2D eigenvalue weighted by molar-refractivity contribution is -0.136. The number of rotatable bonds is 3. The van der Waals surface area contributed by atoms with Crippen LogP contribution in [0.25, 0.3) is 11.1 Å². The van der Waals surface area contributed by atoms with Crippen LogP contribution in [0.15, 0.2) is 42.6 Å². The molecule has 1 aromatic carbocycles. The highest BCUT2D eigenvalue weighted by Gasteiger charge is 2.47. The number of aryl methyl sites for hydroxylation is 1. The van der Waals surface area contributed by atoms with Crippen LogP contribution in [0.5, 0.6) is 0 Å². The molecule has 2 heterocycles. The molecule has 4 rings (SSSR count). The fraction of sp³-hybridized carbons (Fsp3) is 0.435. The van der Waals surface area contributed by atoms with Crippen molar-refractivity contribution in [1.82, 2.24) is 14.8 Å². The number of aromatic nitrogens is 1. The quantitative estimate of drug-likeness (QED) is 0.822. The van der Waals surface area contributed by atoms with Gasteiger partial charge in [-0.15, -0.1) is 0 Å². The monoisotopic (exact) mass is 377 g/mol. The van der Waals surface area contributed by atoms with Crippen LogP contribution in [0.3, 0.4) is 0 Å². The maximum Gasteiger partial charge on any atom is 0.256 e. The molecule has 2 aromatic rings. The van der Waals surface area contributed by atoms with Gasteiger partial charge in [0.2, 0.25) is 5.91 Å². The molecule has 1 aliphatic heterocycles. The average Bonchev–Trinajstić information content (AvgIpc) is 3.50. The number of benzene rings is 1. The number of hydrogen-bond acceptors (Lipinski definition) is 3. The Bertz CT molecular complexity index is 890. The van der Waals surface area contributed by atoms with Crippen LogP contribution in [0.2, 0.25) is 0 Å². The molecule has 2 aliphatic rings. The maximum absolute atomic E-state index is 13.4. The molecule has 0 N–H and O–H groups in total. The molecule has 0 unspecified atom stereocenters. The molecular formula is C23H27N3O2. The summed E-state index contributed by atoms with van der Waals surface area (Å²) in [7, 11) is 0. The van der Waals surface area contributed by atoms with Crippen LogP contribution in [-0.2, 0) is 4.79 Å². The van der Waals surface area contributed by atoms with Crippen molar-refractivity contribution in [3.63, 3.8) is 0 Å². The van der Waals surface area contributed by atoms with Crippen molar-refractivity contribution < 1.29 is 9.59 Å². The van der Waals surface area contributed by atoms with Crippen molar-refractivity contribution in [2.45, 2.75) is 33.1 Å². The van der Waals surface area contributed by atoms with E-state index in [1.165, 1.54) is 0 Å². The highest BCUT2D eigenvalue weighted by atomic mass is 16.2. The zero-order valence-corrected chi connectivity index (χ0v) is 16.6. The highest BCUT2D eigenvalue weighted by Crippen LogP contribution is 2.46. The predicted octanol–water partition coefficient (Wildman–Crippen LogP) is 3.53. The van der Waals surface area contributed by atoms with E-state index in [1.54, 1.807) is 6.20 Å². The van der Waals surface area contributed by atoms with E-state index in [1.807, 2.05) is 60.0 Å². The molecule has 1 saturated heterocycles. The molecule has 5 heteroatoms. The van der Waals surface area contributed by atoms with Gasteiger partial charge in [-0.05, 0) is 43.4 Å². The Kier molecular flexibility index (Phi) is 4.92. The summed E-state index contributed by atoms with van der Waals surface area (Å²) < 4.78 is 0. The van der Waals surface area contributed by atoms with Crippen LogP contribution in [0.1, 0.15) is 42.2 Å². The molecule has 2 fully saturated rings. The summed E-state index contributed by atoms with van der Waals surface area (Å²) in [6.45, 7) is 6.52. The number of carbonyl (C=O) groups is 2. The minimum absolute atomic E-state index is 0.0105. The summed E-state index contributed by atoms with van der Waals surface area (Å²) in [4.78, 5) is 34.3. The number of nitrogens with zero attached hydrogens (tertiary/aromatic N) is 3. The van der Waals surface area contributed by atoms with Crippen LogP contribution in [-0.4, -0.2) is 52.8 Å². The Labute approximate surface area is 166 Å². The standard InChI is InChI=1S/C23H27N3O2/c1-17-20(19(9-12-24-17)18-7-4-3-5-8-18)21(27)25-13-6-14-26(16-15-25)22(28)23(2)10-11-23/h3-5,7-9,12H,6,10-11,13-16H2,1-2H3. The summed E-state index contributed by atoms with van der Waals surface area (Å²) in [5.41, 5.74) is 3.20. The van der Waals surface area contributed by atoms with Crippen molar-refractivity contribution in [3.8, 4) is 11.1 Å². The number of amides is 2. The molecule has 1 aliphatic carbocycles. The Balaban J connectivity index is 1.56. The SMILES string of the molecule is Cc1nccc(-c2ccccc2)c1C(=O)N1CCCN(C(=O)C2(C)CC2)CC1. The minimum atomic E-state index is -0.153. The van der Waals surface area contributed by atoms with E-state index in [0.717, 1.165) is 42.6 Å². The third-order valence-electron chi connectivity index (χ3n) is 6.03. The van der Waals surface area contributed by atoms with E-state index in [0.29, 0.717) is 25.2 Å². The summed E-state index contributed by atoms with van der Waals surface area (Å²) in [5, 5.41) is 0. The first-order valence-electron chi connectivity index (χ1n) is 10.1. The van der Waals surface area contributed by atoms with Crippen LogP contribution in [0, 0.1) is 12.3 Å². The summed E-state index contributed by atoms with van der Waals surface area (Å²) in [6, 6.07) is 11.9. The molecule has 146 valence electrons. The topological polar surface area (TPSA) is 53.5 Å². The first-order chi connectivity index (χ1) is 13.5. The molecule has 0 spiro atoms. The van der Waals surface area contributed by atoms with Gasteiger partial charge in [0.05, 0.1) is 11.3 Å². The highest BCUT2D eigenvalue weighted by molar-refractivity contribution is 6.01. The maximum atomic E-state index is 13.4.